The number of hydrogen-bond acceptors (Lipinski definition) is 2. The molecule has 0 radical (unpaired) electrons. The molecule has 0 aliphatic rings. The number of carbonyl (C=O) groups excluding carboxylic acids is 1. The zero-order chi connectivity index (χ0) is 13.8. The molecular formula is C15H15IN2O. The second kappa shape index (κ2) is 6.06. The molecule has 0 heterocycles. The SMILES string of the molecule is Cc1c(N)cccc1CNC(=O)c1ccc(I)cc1. The highest BCUT2D eigenvalue weighted by molar-refractivity contribution is 14.1. The predicted molar refractivity (Wildman–Crippen MR) is 85.9 cm³/mol. The fraction of sp³-hybridized carbons (Fsp3) is 0.133. The van der Waals surface area contributed by atoms with E-state index in [2.05, 4.69) is 27.9 Å². The minimum atomic E-state index is -0.0711. The number of halogens is 1. The summed E-state index contributed by atoms with van der Waals surface area (Å²) in [6.45, 7) is 2.45. The lowest BCUT2D eigenvalue weighted by Crippen LogP contribution is -2.23. The summed E-state index contributed by atoms with van der Waals surface area (Å²) >= 11 is 2.21. The molecule has 0 aromatic heterocycles. The van der Waals surface area contributed by atoms with Crippen LogP contribution in [0.5, 0.6) is 0 Å². The zero-order valence-corrected chi connectivity index (χ0v) is 12.8. The molecule has 19 heavy (non-hydrogen) atoms. The van der Waals surface area contributed by atoms with Gasteiger partial charge in [0.2, 0.25) is 0 Å². The lowest BCUT2D eigenvalue weighted by Gasteiger charge is -2.10. The van der Waals surface area contributed by atoms with Crippen LogP contribution in [-0.4, -0.2) is 5.91 Å². The largest absolute Gasteiger partial charge is 0.399 e. The van der Waals surface area contributed by atoms with Gasteiger partial charge < -0.3 is 11.1 Å². The monoisotopic (exact) mass is 366 g/mol. The van der Waals surface area contributed by atoms with Crippen molar-refractivity contribution < 1.29 is 4.79 Å². The molecule has 0 spiro atoms. The first-order valence-corrected chi connectivity index (χ1v) is 7.03. The van der Waals surface area contributed by atoms with Crippen LogP contribution >= 0.6 is 22.6 Å². The van der Waals surface area contributed by atoms with Gasteiger partial charge in [-0.25, -0.2) is 0 Å². The summed E-state index contributed by atoms with van der Waals surface area (Å²) in [6.07, 6.45) is 0. The van der Waals surface area contributed by atoms with E-state index >= 15 is 0 Å². The Balaban J connectivity index is 2.04. The molecule has 0 bridgehead atoms. The Hall–Kier alpha value is -1.56. The van der Waals surface area contributed by atoms with E-state index in [1.54, 1.807) is 0 Å². The third kappa shape index (κ3) is 3.47. The average molecular weight is 366 g/mol. The normalized spacial score (nSPS) is 10.2. The second-order valence-corrected chi connectivity index (χ2v) is 5.57. The van der Waals surface area contributed by atoms with Crippen molar-refractivity contribution in [2.24, 2.45) is 0 Å². The number of nitrogens with two attached hydrogens (primary N) is 1. The van der Waals surface area contributed by atoms with Gasteiger partial charge in [-0.3, -0.25) is 4.79 Å². The van der Waals surface area contributed by atoms with Crippen LogP contribution in [-0.2, 0) is 6.54 Å². The van der Waals surface area contributed by atoms with E-state index in [1.807, 2.05) is 49.4 Å². The van der Waals surface area contributed by atoms with Gasteiger partial charge in [0.05, 0.1) is 0 Å². The number of anilines is 1. The Morgan fingerprint density at radius 2 is 1.89 bits per heavy atom. The molecule has 2 aromatic carbocycles. The van der Waals surface area contributed by atoms with E-state index in [1.165, 1.54) is 0 Å². The van der Waals surface area contributed by atoms with Crippen LogP contribution in [0.3, 0.4) is 0 Å². The lowest BCUT2D eigenvalue weighted by atomic mass is 10.1. The summed E-state index contributed by atoms with van der Waals surface area (Å²) in [4.78, 5) is 12.0. The van der Waals surface area contributed by atoms with Crippen LogP contribution in [0.4, 0.5) is 5.69 Å². The average Bonchev–Trinajstić information content (AvgIpc) is 2.41. The van der Waals surface area contributed by atoms with Crippen LogP contribution in [0.2, 0.25) is 0 Å². The first kappa shape index (κ1) is 13.9. The highest BCUT2D eigenvalue weighted by Gasteiger charge is 2.06. The Labute approximate surface area is 126 Å². The summed E-state index contributed by atoms with van der Waals surface area (Å²) in [5, 5.41) is 2.91. The van der Waals surface area contributed by atoms with E-state index in [4.69, 9.17) is 5.73 Å². The summed E-state index contributed by atoms with van der Waals surface area (Å²) in [5.74, 6) is -0.0711. The smallest absolute Gasteiger partial charge is 0.251 e. The number of benzene rings is 2. The first-order valence-electron chi connectivity index (χ1n) is 5.95. The van der Waals surface area contributed by atoms with Crippen molar-refractivity contribution in [2.75, 3.05) is 5.73 Å². The number of carbonyl (C=O) groups is 1. The molecule has 0 unspecified atom stereocenters. The summed E-state index contributed by atoms with van der Waals surface area (Å²) < 4.78 is 1.11. The van der Waals surface area contributed by atoms with E-state index in [0.29, 0.717) is 12.1 Å². The standard InChI is InChI=1S/C15H15IN2O/c1-10-12(3-2-4-14(10)17)9-18-15(19)11-5-7-13(16)8-6-11/h2-8H,9,17H2,1H3,(H,18,19). The number of amides is 1. The molecule has 0 fully saturated rings. The predicted octanol–water partition coefficient (Wildman–Crippen LogP) is 3.11. The quantitative estimate of drug-likeness (QED) is 0.648. The number of nitrogen functional groups attached to an aromatic ring is 1. The molecule has 0 aliphatic heterocycles. The number of nitrogens with one attached hydrogen (secondary N) is 1. The van der Waals surface area contributed by atoms with Crippen LogP contribution in [0.15, 0.2) is 42.5 Å². The second-order valence-electron chi connectivity index (χ2n) is 4.32. The molecule has 4 heteroatoms. The van der Waals surface area contributed by atoms with E-state index in [-0.39, 0.29) is 5.91 Å². The van der Waals surface area contributed by atoms with Crippen molar-refractivity contribution in [2.45, 2.75) is 13.5 Å². The van der Waals surface area contributed by atoms with Crippen molar-refractivity contribution in [3.63, 3.8) is 0 Å². The van der Waals surface area contributed by atoms with Gasteiger partial charge in [0, 0.05) is 21.4 Å². The maximum Gasteiger partial charge on any atom is 0.251 e. The highest BCUT2D eigenvalue weighted by atomic mass is 127. The summed E-state index contributed by atoms with van der Waals surface area (Å²) in [7, 11) is 0. The summed E-state index contributed by atoms with van der Waals surface area (Å²) in [5.41, 5.74) is 9.32. The molecule has 3 N–H and O–H groups in total. The van der Waals surface area contributed by atoms with Crippen LogP contribution in [0.25, 0.3) is 0 Å². The van der Waals surface area contributed by atoms with Crippen molar-refractivity contribution in [1.29, 1.82) is 0 Å². The van der Waals surface area contributed by atoms with Crippen molar-refractivity contribution in [3.05, 3.63) is 62.7 Å². The van der Waals surface area contributed by atoms with Gasteiger partial charge in [-0.1, -0.05) is 12.1 Å². The zero-order valence-electron chi connectivity index (χ0n) is 10.6. The molecule has 1 amide bonds. The Bertz CT molecular complexity index is 594. The molecule has 2 aromatic rings. The molecule has 2 rings (SSSR count). The van der Waals surface area contributed by atoms with Crippen LogP contribution in [0.1, 0.15) is 21.5 Å². The van der Waals surface area contributed by atoms with Crippen molar-refractivity contribution in [1.82, 2.24) is 5.32 Å². The topological polar surface area (TPSA) is 55.1 Å². The molecule has 0 saturated carbocycles. The molecule has 0 aliphatic carbocycles. The Morgan fingerprint density at radius 1 is 1.21 bits per heavy atom. The van der Waals surface area contributed by atoms with Crippen LogP contribution < -0.4 is 11.1 Å². The third-order valence-electron chi connectivity index (χ3n) is 3.03. The molecule has 98 valence electrons. The van der Waals surface area contributed by atoms with Crippen LogP contribution in [0, 0.1) is 10.5 Å². The minimum absolute atomic E-state index is 0.0711. The lowest BCUT2D eigenvalue weighted by molar-refractivity contribution is 0.0951. The van der Waals surface area contributed by atoms with Crippen molar-refractivity contribution >= 4 is 34.2 Å². The maximum atomic E-state index is 12.0. The van der Waals surface area contributed by atoms with E-state index in [0.717, 1.165) is 20.4 Å². The molecule has 3 nitrogen and oxygen atoms in total. The number of rotatable bonds is 3. The van der Waals surface area contributed by atoms with E-state index in [9.17, 15) is 4.79 Å². The van der Waals surface area contributed by atoms with Gasteiger partial charge in [0.15, 0.2) is 0 Å². The summed E-state index contributed by atoms with van der Waals surface area (Å²) in [6, 6.07) is 13.2. The molecule has 0 saturated heterocycles. The highest BCUT2D eigenvalue weighted by Crippen LogP contribution is 2.15. The number of hydrogen-bond donors (Lipinski definition) is 2. The van der Waals surface area contributed by atoms with Gasteiger partial charge in [-0.2, -0.15) is 0 Å². The van der Waals surface area contributed by atoms with Gasteiger partial charge in [0.1, 0.15) is 0 Å². The van der Waals surface area contributed by atoms with Gasteiger partial charge in [0.25, 0.3) is 5.91 Å². The van der Waals surface area contributed by atoms with E-state index < -0.39 is 0 Å². The van der Waals surface area contributed by atoms with Crippen molar-refractivity contribution in [3.8, 4) is 0 Å². The first-order chi connectivity index (χ1) is 9.08. The van der Waals surface area contributed by atoms with Gasteiger partial charge in [-0.05, 0) is 71.0 Å². The molecule has 0 atom stereocenters. The fourth-order valence-corrected chi connectivity index (χ4v) is 2.13. The van der Waals surface area contributed by atoms with Gasteiger partial charge >= 0.3 is 0 Å². The maximum absolute atomic E-state index is 12.0. The fourth-order valence-electron chi connectivity index (χ4n) is 1.77. The van der Waals surface area contributed by atoms with Gasteiger partial charge in [-0.15, -0.1) is 0 Å². The third-order valence-corrected chi connectivity index (χ3v) is 3.75. The Kier molecular flexibility index (Phi) is 4.42. The minimum Gasteiger partial charge on any atom is -0.399 e. The molecular weight excluding hydrogens is 351 g/mol. The Morgan fingerprint density at radius 3 is 2.58 bits per heavy atom.